The van der Waals surface area contributed by atoms with Crippen LogP contribution >= 0.6 is 0 Å². The second kappa shape index (κ2) is 9.31. The Morgan fingerprint density at radius 2 is 1.76 bits per heavy atom. The summed E-state index contributed by atoms with van der Waals surface area (Å²) >= 11 is 0. The molecule has 0 amide bonds. The molecule has 29 heavy (non-hydrogen) atoms. The first-order valence-electron chi connectivity index (χ1n) is 8.36. The Kier molecular flexibility index (Phi) is 6.85. The summed E-state index contributed by atoms with van der Waals surface area (Å²) < 4.78 is 14.3. The van der Waals surface area contributed by atoms with Gasteiger partial charge in [-0.2, -0.15) is 0 Å². The van der Waals surface area contributed by atoms with Crippen molar-refractivity contribution in [1.29, 1.82) is 0 Å². The van der Waals surface area contributed by atoms with Crippen LogP contribution in [-0.2, 0) is 23.8 Å². The molecule has 1 aromatic carbocycles. The van der Waals surface area contributed by atoms with Crippen molar-refractivity contribution in [2.45, 2.75) is 6.92 Å². The van der Waals surface area contributed by atoms with Crippen LogP contribution in [0.15, 0.2) is 53.9 Å². The van der Waals surface area contributed by atoms with E-state index in [1.165, 1.54) is 36.6 Å². The van der Waals surface area contributed by atoms with Crippen LogP contribution in [0.4, 0.5) is 11.4 Å². The molecule has 1 aliphatic heterocycles. The zero-order valence-electron chi connectivity index (χ0n) is 15.9. The second-order valence-electron chi connectivity index (χ2n) is 5.50. The fourth-order valence-corrected chi connectivity index (χ4v) is 2.57. The maximum Gasteiger partial charge on any atom is 0.355 e. The van der Waals surface area contributed by atoms with E-state index in [2.05, 4.69) is 0 Å². The van der Waals surface area contributed by atoms with E-state index in [0.29, 0.717) is 0 Å². The summed E-state index contributed by atoms with van der Waals surface area (Å²) in [7, 11) is 2.25. The number of methoxy groups -OCH3 is 2. The highest BCUT2D eigenvalue weighted by Gasteiger charge is 2.31. The molecule has 0 aliphatic carbocycles. The van der Waals surface area contributed by atoms with Crippen LogP contribution in [0.5, 0.6) is 0 Å². The molecule has 2 rings (SSSR count). The van der Waals surface area contributed by atoms with E-state index < -0.39 is 28.5 Å². The van der Waals surface area contributed by atoms with Crippen LogP contribution in [-0.4, -0.2) is 43.7 Å². The fourth-order valence-electron chi connectivity index (χ4n) is 2.57. The van der Waals surface area contributed by atoms with Gasteiger partial charge >= 0.3 is 17.9 Å². The Morgan fingerprint density at radius 3 is 2.34 bits per heavy atom. The molecule has 0 radical (unpaired) electrons. The van der Waals surface area contributed by atoms with Crippen molar-refractivity contribution < 1.29 is 33.5 Å². The van der Waals surface area contributed by atoms with E-state index >= 15 is 0 Å². The highest BCUT2D eigenvalue weighted by molar-refractivity contribution is 6.06. The number of carbonyl (C=O) groups is 3. The molecule has 0 saturated carbocycles. The Hall–Kier alpha value is -3.95. The number of benzene rings is 1. The summed E-state index contributed by atoms with van der Waals surface area (Å²) in [6, 6.07) is 3.63. The lowest BCUT2D eigenvalue weighted by molar-refractivity contribution is -0.384. The van der Waals surface area contributed by atoms with E-state index in [1.807, 2.05) is 0 Å². The van der Waals surface area contributed by atoms with Crippen molar-refractivity contribution in [3.05, 3.63) is 69.6 Å². The summed E-state index contributed by atoms with van der Waals surface area (Å²) in [6.07, 6.45) is 5.62. The van der Waals surface area contributed by atoms with Crippen LogP contribution < -0.4 is 4.90 Å². The number of nitro benzene ring substituents is 1. The molecule has 0 unspecified atom stereocenters. The quantitative estimate of drug-likeness (QED) is 0.305. The molecule has 0 atom stereocenters. The van der Waals surface area contributed by atoms with Gasteiger partial charge in [-0.15, -0.1) is 0 Å². The van der Waals surface area contributed by atoms with Gasteiger partial charge in [0.05, 0.1) is 36.9 Å². The lowest BCUT2D eigenvalue weighted by atomic mass is 10.1. The average Bonchev–Trinajstić information content (AvgIpc) is 2.95. The molecule has 0 bridgehead atoms. The van der Waals surface area contributed by atoms with E-state index in [9.17, 15) is 24.5 Å². The van der Waals surface area contributed by atoms with Gasteiger partial charge in [0.25, 0.3) is 5.69 Å². The molecule has 152 valence electrons. The number of nitrogens with zero attached hydrogens (tertiary/aromatic N) is 2. The highest BCUT2D eigenvalue weighted by Crippen LogP contribution is 2.34. The number of anilines is 1. The van der Waals surface area contributed by atoms with Crippen molar-refractivity contribution in [3.63, 3.8) is 0 Å². The number of nitro groups is 1. The second-order valence-corrected chi connectivity index (χ2v) is 5.50. The van der Waals surface area contributed by atoms with Gasteiger partial charge < -0.3 is 19.1 Å². The fraction of sp³-hybridized carbons (Fsp3) is 0.211. The van der Waals surface area contributed by atoms with Gasteiger partial charge in [0.1, 0.15) is 11.4 Å². The zero-order valence-corrected chi connectivity index (χ0v) is 15.9. The summed E-state index contributed by atoms with van der Waals surface area (Å²) in [6.45, 7) is 1.71. The van der Waals surface area contributed by atoms with Gasteiger partial charge in [0.15, 0.2) is 0 Å². The molecule has 0 saturated heterocycles. The minimum absolute atomic E-state index is 0.0315. The predicted molar refractivity (Wildman–Crippen MR) is 101 cm³/mol. The molecule has 1 heterocycles. The number of rotatable bonds is 6. The number of hydrogen-bond acceptors (Lipinski definition) is 9. The molecule has 0 fully saturated rings. The summed E-state index contributed by atoms with van der Waals surface area (Å²) in [5, 5.41) is 11.7. The number of ether oxygens (including phenoxy) is 3. The van der Waals surface area contributed by atoms with Gasteiger partial charge in [-0.25, -0.2) is 14.4 Å². The monoisotopic (exact) mass is 402 g/mol. The molecule has 10 heteroatoms. The highest BCUT2D eigenvalue weighted by atomic mass is 16.6. The summed E-state index contributed by atoms with van der Waals surface area (Å²) in [4.78, 5) is 48.6. The van der Waals surface area contributed by atoms with Crippen molar-refractivity contribution in [2.24, 2.45) is 0 Å². The van der Waals surface area contributed by atoms with Crippen LogP contribution in [0.1, 0.15) is 17.3 Å². The van der Waals surface area contributed by atoms with Crippen molar-refractivity contribution in [2.75, 3.05) is 25.7 Å². The third kappa shape index (κ3) is 4.49. The summed E-state index contributed by atoms with van der Waals surface area (Å²) in [5.41, 5.74) is -1.02. The SMILES string of the molecule is CCOC(=O)c1ccc(N2C=CC=CC(C(=O)OC)=C2C(=O)OC)c([N+](=O)[O-])c1. The standard InChI is InChI=1S/C19H18N2O8/c1-4-29-17(22)12-8-9-14(15(11-12)21(25)26)20-10-6-5-7-13(18(23)27-2)16(20)19(24)28-3/h5-11H,4H2,1-3H3. The molecule has 10 nitrogen and oxygen atoms in total. The van der Waals surface area contributed by atoms with Crippen LogP contribution in [0, 0.1) is 10.1 Å². The first kappa shape index (κ1) is 21.4. The van der Waals surface area contributed by atoms with E-state index in [-0.39, 0.29) is 29.1 Å². The van der Waals surface area contributed by atoms with Crippen LogP contribution in [0.2, 0.25) is 0 Å². The van der Waals surface area contributed by atoms with Crippen LogP contribution in [0.25, 0.3) is 0 Å². The van der Waals surface area contributed by atoms with Gasteiger partial charge in [-0.3, -0.25) is 10.1 Å². The number of carbonyl (C=O) groups excluding carboxylic acids is 3. The molecular weight excluding hydrogens is 384 g/mol. The Bertz CT molecular complexity index is 946. The van der Waals surface area contributed by atoms with Gasteiger partial charge in [0.2, 0.25) is 0 Å². The molecule has 1 aromatic rings. The summed E-state index contributed by atoms with van der Waals surface area (Å²) in [5.74, 6) is -2.47. The zero-order chi connectivity index (χ0) is 21.6. The Morgan fingerprint density at radius 1 is 1.07 bits per heavy atom. The predicted octanol–water partition coefficient (Wildman–Crippen LogP) is 2.26. The first-order valence-corrected chi connectivity index (χ1v) is 8.36. The normalized spacial score (nSPS) is 13.0. The number of hydrogen-bond donors (Lipinski definition) is 0. The maximum absolute atomic E-state index is 12.4. The Balaban J connectivity index is 2.72. The molecular formula is C19H18N2O8. The minimum atomic E-state index is -0.912. The number of esters is 3. The number of allylic oxidation sites excluding steroid dienone is 2. The third-order valence-corrected chi connectivity index (χ3v) is 3.83. The molecule has 0 spiro atoms. The van der Waals surface area contributed by atoms with Crippen molar-refractivity contribution in [1.82, 2.24) is 0 Å². The topological polar surface area (TPSA) is 125 Å². The van der Waals surface area contributed by atoms with E-state index in [4.69, 9.17) is 14.2 Å². The lowest BCUT2D eigenvalue weighted by Crippen LogP contribution is -2.27. The third-order valence-electron chi connectivity index (χ3n) is 3.83. The first-order chi connectivity index (χ1) is 13.8. The van der Waals surface area contributed by atoms with Crippen molar-refractivity contribution >= 4 is 29.3 Å². The maximum atomic E-state index is 12.4. The van der Waals surface area contributed by atoms with Crippen LogP contribution in [0.3, 0.4) is 0 Å². The lowest BCUT2D eigenvalue weighted by Gasteiger charge is -2.23. The van der Waals surface area contributed by atoms with Gasteiger partial charge in [-0.05, 0) is 31.2 Å². The minimum Gasteiger partial charge on any atom is -0.465 e. The molecule has 1 aliphatic rings. The molecule has 0 N–H and O–H groups in total. The van der Waals surface area contributed by atoms with Gasteiger partial charge in [-0.1, -0.05) is 6.08 Å². The molecule has 0 aromatic heterocycles. The largest absolute Gasteiger partial charge is 0.465 e. The van der Waals surface area contributed by atoms with E-state index in [1.54, 1.807) is 6.92 Å². The van der Waals surface area contributed by atoms with E-state index in [0.717, 1.165) is 25.2 Å². The van der Waals surface area contributed by atoms with Crippen molar-refractivity contribution in [3.8, 4) is 0 Å². The Labute approximate surface area is 165 Å². The average molecular weight is 402 g/mol. The van der Waals surface area contributed by atoms with Gasteiger partial charge in [0, 0.05) is 12.3 Å². The smallest absolute Gasteiger partial charge is 0.355 e.